The Morgan fingerprint density at radius 2 is 0.476 bits per heavy atom. The first-order chi connectivity index (χ1) is 8.73. The molecular weight excluding hydrogens is 365 g/mol. The van der Waals surface area contributed by atoms with Gasteiger partial charge in [0.15, 0.2) is 0 Å². The standard InChI is InChI=1S/C14H42Si7/c1-17(2,3)15(18(4,5)6)21(13,14)16(19(7,8)9)20(10,11)12/h1-14H3/q-2. The molecule has 0 saturated heterocycles. The third-order valence-corrected chi connectivity index (χ3v) is 128. The summed E-state index contributed by atoms with van der Waals surface area (Å²) < 4.78 is 0. The maximum atomic E-state index is 2.89. The van der Waals surface area contributed by atoms with E-state index in [0.29, 0.717) is 0 Å². The van der Waals surface area contributed by atoms with Crippen LogP contribution in [-0.2, 0) is 0 Å². The molecule has 0 unspecified atom stereocenters. The van der Waals surface area contributed by atoms with Gasteiger partial charge in [0, 0.05) is 0 Å². The molecule has 0 aliphatic carbocycles. The Labute approximate surface area is 143 Å². The Bertz CT molecular complexity index is 287. The van der Waals surface area contributed by atoms with E-state index < -0.39 is 37.5 Å². The zero-order chi connectivity index (χ0) is 17.7. The van der Waals surface area contributed by atoms with E-state index >= 15 is 0 Å². The summed E-state index contributed by atoms with van der Waals surface area (Å²) in [5.41, 5.74) is 0. The molecule has 0 saturated carbocycles. The van der Waals surface area contributed by atoms with Crippen LogP contribution in [0.3, 0.4) is 0 Å². The maximum absolute atomic E-state index is 2.89. The van der Waals surface area contributed by atoms with Gasteiger partial charge < -0.3 is 0 Å². The fourth-order valence-electron chi connectivity index (χ4n) is 6.12. The van der Waals surface area contributed by atoms with Gasteiger partial charge in [-0.15, -0.1) is 43.5 Å². The molecule has 21 heavy (non-hydrogen) atoms. The van der Waals surface area contributed by atoms with Gasteiger partial charge in [-0.1, -0.05) is 78.6 Å². The lowest BCUT2D eigenvalue weighted by molar-refractivity contribution is 1.78. The molecule has 128 valence electrons. The van der Waals surface area contributed by atoms with Crippen molar-refractivity contribution >= 4 is 52.2 Å². The van der Waals surface area contributed by atoms with Gasteiger partial charge in [-0.2, -0.15) is 0 Å². The Hall–Kier alpha value is 1.52. The van der Waals surface area contributed by atoms with E-state index in [9.17, 15) is 0 Å². The second-order valence-electron chi connectivity index (χ2n) is 11.4. The summed E-state index contributed by atoms with van der Waals surface area (Å²) in [5.74, 6) is 0. The van der Waals surface area contributed by atoms with E-state index in [-0.39, 0.29) is 14.7 Å². The summed E-state index contributed by atoms with van der Waals surface area (Å²) in [6.45, 7) is 38.5. The van der Waals surface area contributed by atoms with Gasteiger partial charge >= 0.3 is 0 Å². The quantitative estimate of drug-likeness (QED) is 0.510. The molecule has 0 radical (unpaired) electrons. The van der Waals surface area contributed by atoms with Crippen molar-refractivity contribution in [3.8, 4) is 0 Å². The summed E-state index contributed by atoms with van der Waals surface area (Å²) >= 11 is 0. The summed E-state index contributed by atoms with van der Waals surface area (Å²) in [6, 6.07) is 0. The van der Waals surface area contributed by atoms with Crippen LogP contribution in [0.4, 0.5) is 0 Å². The van der Waals surface area contributed by atoms with E-state index in [1.54, 1.807) is 0 Å². The highest BCUT2D eigenvalue weighted by molar-refractivity contribution is 8.01. The molecule has 0 atom stereocenters. The normalized spacial score (nSPS) is 16.0. The molecule has 0 heterocycles. The van der Waals surface area contributed by atoms with Crippen LogP contribution in [0.2, 0.25) is 91.7 Å². The first-order valence-corrected chi connectivity index (χ1v) is 34.5. The van der Waals surface area contributed by atoms with Crippen molar-refractivity contribution in [2.45, 2.75) is 91.7 Å². The van der Waals surface area contributed by atoms with E-state index in [1.165, 1.54) is 0 Å². The van der Waals surface area contributed by atoms with Gasteiger partial charge in [0.25, 0.3) is 0 Å². The zero-order valence-electron chi connectivity index (χ0n) is 17.5. The second kappa shape index (κ2) is 6.44. The summed E-state index contributed by atoms with van der Waals surface area (Å²) in [5, 5.41) is 0. The highest BCUT2D eigenvalue weighted by atomic mass is 30.2. The van der Waals surface area contributed by atoms with Crippen LogP contribution >= 0.6 is 0 Å². The van der Waals surface area contributed by atoms with Gasteiger partial charge in [0.2, 0.25) is 0 Å². The van der Waals surface area contributed by atoms with Crippen LogP contribution < -0.4 is 0 Å². The van der Waals surface area contributed by atoms with E-state index in [4.69, 9.17) is 0 Å². The topological polar surface area (TPSA) is 0 Å². The van der Waals surface area contributed by atoms with Crippen LogP contribution in [0.25, 0.3) is 0 Å². The van der Waals surface area contributed by atoms with Crippen LogP contribution in [0.1, 0.15) is 0 Å². The molecule has 0 aliphatic heterocycles. The van der Waals surface area contributed by atoms with Crippen LogP contribution in [0.5, 0.6) is 0 Å². The molecule has 0 aromatic heterocycles. The van der Waals surface area contributed by atoms with E-state index in [2.05, 4.69) is 91.7 Å². The Kier molecular flexibility index (Phi) is 6.90. The molecule has 0 amide bonds. The average molecular weight is 407 g/mol. The minimum Gasteiger partial charge on any atom is -0.285 e. The summed E-state index contributed by atoms with van der Waals surface area (Å²) in [6.07, 6.45) is 0. The molecule has 7 heteroatoms. The van der Waals surface area contributed by atoms with Gasteiger partial charge in [-0.3, -0.25) is 21.8 Å². The van der Waals surface area contributed by atoms with Crippen LogP contribution in [0.15, 0.2) is 0 Å². The molecular formula is C14H42Si7-2. The second-order valence-corrected chi connectivity index (χ2v) is 79.1. The van der Waals surface area contributed by atoms with Crippen molar-refractivity contribution in [3.63, 3.8) is 0 Å². The molecule has 0 aromatic rings. The Morgan fingerprint density at radius 1 is 0.333 bits per heavy atom. The third-order valence-electron chi connectivity index (χ3n) is 4.25. The largest absolute Gasteiger partial charge is 0.285 e. The number of hydrogen-bond acceptors (Lipinski definition) is 0. The molecule has 0 aromatic carbocycles. The monoisotopic (exact) mass is 406 g/mol. The van der Waals surface area contributed by atoms with Crippen molar-refractivity contribution in [2.24, 2.45) is 0 Å². The smallest absolute Gasteiger partial charge is 0.0980 e. The average Bonchev–Trinajstić information content (AvgIpc) is 1.84. The first-order valence-electron chi connectivity index (χ1n) is 8.50. The molecule has 0 aliphatic rings. The fourth-order valence-corrected chi connectivity index (χ4v) is 233. The van der Waals surface area contributed by atoms with Crippen molar-refractivity contribution in [1.82, 2.24) is 0 Å². The lowest BCUT2D eigenvalue weighted by Crippen LogP contribution is -2.84. The molecule has 0 rings (SSSR count). The lowest BCUT2D eigenvalue weighted by atomic mass is 11.8. The lowest BCUT2D eigenvalue weighted by Gasteiger charge is -2.75. The van der Waals surface area contributed by atoms with Crippen molar-refractivity contribution in [1.29, 1.82) is 0 Å². The molecule has 0 bridgehead atoms. The predicted octanol–water partition coefficient (Wildman–Crippen LogP) is 5.51. The Balaban J connectivity index is 6.21. The molecule has 0 N–H and O–H groups in total. The first kappa shape index (κ1) is 22.5. The van der Waals surface area contributed by atoms with Crippen molar-refractivity contribution < 1.29 is 0 Å². The minimum absolute atomic E-state index is 0.0840. The van der Waals surface area contributed by atoms with Crippen molar-refractivity contribution in [2.75, 3.05) is 0 Å². The van der Waals surface area contributed by atoms with E-state index in [0.717, 1.165) is 0 Å². The molecule has 0 fully saturated rings. The molecule has 0 nitrogen and oxygen atoms in total. The molecule has 0 spiro atoms. The van der Waals surface area contributed by atoms with Crippen LogP contribution in [0, 0.1) is 0 Å². The minimum atomic E-state index is -1.05. The van der Waals surface area contributed by atoms with Crippen molar-refractivity contribution in [3.05, 3.63) is 0 Å². The number of rotatable bonds is 6. The SMILES string of the molecule is C[Si](C)(C)[Si-]([Si](C)(C)C)[Si](C)(C)[Si-]([Si](C)(C)C)[Si](C)(C)C. The van der Waals surface area contributed by atoms with Gasteiger partial charge in [0.1, 0.15) is 0 Å². The fraction of sp³-hybridized carbons (Fsp3) is 1.00. The summed E-state index contributed by atoms with van der Waals surface area (Å²) in [7, 11) is -5.15. The van der Waals surface area contributed by atoms with Gasteiger partial charge in [0.05, 0.1) is 0 Å². The Morgan fingerprint density at radius 3 is 0.571 bits per heavy atom. The third kappa shape index (κ3) is 5.82. The van der Waals surface area contributed by atoms with Gasteiger partial charge in [-0.05, 0) is 0 Å². The van der Waals surface area contributed by atoms with Gasteiger partial charge in [-0.25, -0.2) is 0 Å². The van der Waals surface area contributed by atoms with Crippen LogP contribution in [-0.4, -0.2) is 52.2 Å². The van der Waals surface area contributed by atoms with E-state index in [1.807, 2.05) is 0 Å². The number of hydrogen-bond donors (Lipinski definition) is 0. The maximum Gasteiger partial charge on any atom is -0.0980 e. The predicted molar refractivity (Wildman–Crippen MR) is 122 cm³/mol. The highest BCUT2D eigenvalue weighted by Crippen LogP contribution is 2.34. The zero-order valence-corrected chi connectivity index (χ0v) is 24.5. The highest BCUT2D eigenvalue weighted by Gasteiger charge is 2.39. The summed E-state index contributed by atoms with van der Waals surface area (Å²) in [4.78, 5) is 0.